The van der Waals surface area contributed by atoms with Gasteiger partial charge in [-0.15, -0.1) is 0 Å². The number of aromatic nitrogens is 2. The average Bonchev–Trinajstić information content (AvgIpc) is 2.64. The van der Waals surface area contributed by atoms with Gasteiger partial charge in [-0.3, -0.25) is 5.43 Å². The maximum Gasteiger partial charge on any atom is 0.189 e. The van der Waals surface area contributed by atoms with Crippen LogP contribution in [0.5, 0.6) is 5.75 Å². The molecule has 0 unspecified atom stereocenters. The molecule has 2 N–H and O–H groups in total. The summed E-state index contributed by atoms with van der Waals surface area (Å²) in [4.78, 5) is 8.67. The Labute approximate surface area is 158 Å². The van der Waals surface area contributed by atoms with E-state index in [1.807, 2.05) is 18.2 Å². The lowest BCUT2D eigenvalue weighted by molar-refractivity contribution is 0.474. The first-order chi connectivity index (χ1) is 12.2. The van der Waals surface area contributed by atoms with Crippen LogP contribution in [0.15, 0.2) is 75.5 Å². The summed E-state index contributed by atoms with van der Waals surface area (Å²) in [6.45, 7) is 0. The third kappa shape index (κ3) is 5.30. The Bertz CT molecular complexity index is 874. The number of rotatable bonds is 6. The fraction of sp³-hybridized carbons (Fsp3) is 0.0556. The van der Waals surface area contributed by atoms with E-state index in [1.54, 1.807) is 48.4 Å². The molecule has 3 rings (SSSR count). The van der Waals surface area contributed by atoms with E-state index in [1.165, 1.54) is 5.56 Å². The Morgan fingerprint density at radius 1 is 1.16 bits per heavy atom. The molecule has 0 saturated carbocycles. The molecule has 0 saturated heterocycles. The van der Waals surface area contributed by atoms with Crippen LogP contribution < -0.4 is 5.43 Å². The van der Waals surface area contributed by atoms with Gasteiger partial charge in [0.25, 0.3) is 0 Å². The second kappa shape index (κ2) is 8.64. The Hall–Kier alpha value is -2.38. The molecule has 0 bridgehead atoms. The van der Waals surface area contributed by atoms with Gasteiger partial charge in [0.1, 0.15) is 5.75 Å². The summed E-state index contributed by atoms with van der Waals surface area (Å²) in [7, 11) is 0. The summed E-state index contributed by atoms with van der Waals surface area (Å²) in [5, 5.41) is 14.6. The molecule has 5 nitrogen and oxygen atoms in total. The number of nitrogens with zero attached hydrogens (tertiary/aromatic N) is 3. The van der Waals surface area contributed by atoms with Gasteiger partial charge >= 0.3 is 0 Å². The predicted octanol–water partition coefficient (Wildman–Crippen LogP) is 4.68. The molecule has 2 aromatic carbocycles. The average molecular weight is 415 g/mol. The zero-order chi connectivity index (χ0) is 17.5. The molecule has 0 aliphatic heterocycles. The molecule has 3 aromatic rings. The van der Waals surface area contributed by atoms with Crippen LogP contribution in [0, 0.1) is 0 Å². The number of aromatic hydroxyl groups is 1. The molecule has 0 aliphatic rings. The van der Waals surface area contributed by atoms with Crippen molar-refractivity contribution in [3.63, 3.8) is 0 Å². The summed E-state index contributed by atoms with van der Waals surface area (Å²) in [5.41, 5.74) is 4.68. The number of anilines is 1. The standard InChI is InChI=1S/C18H15BrN4OS/c19-15-6-7-16(24)14(10-15)11-21-23-17-8-9-20-18(22-17)25-12-13-4-2-1-3-5-13/h1-11,24H,12H2,(H,20,22,23)/b21-11+. The highest BCUT2D eigenvalue weighted by Crippen LogP contribution is 2.21. The first kappa shape index (κ1) is 17.4. The van der Waals surface area contributed by atoms with E-state index in [-0.39, 0.29) is 5.75 Å². The molecule has 126 valence electrons. The molecule has 0 aliphatic carbocycles. The van der Waals surface area contributed by atoms with Gasteiger partial charge < -0.3 is 5.11 Å². The number of phenols is 1. The minimum absolute atomic E-state index is 0.163. The quantitative estimate of drug-likeness (QED) is 0.265. The van der Waals surface area contributed by atoms with Crippen LogP contribution >= 0.6 is 27.7 Å². The number of hydrazone groups is 1. The van der Waals surface area contributed by atoms with Crippen molar-refractivity contribution in [2.45, 2.75) is 10.9 Å². The monoisotopic (exact) mass is 414 g/mol. The maximum absolute atomic E-state index is 9.79. The Balaban J connectivity index is 1.61. The van der Waals surface area contributed by atoms with Crippen LogP contribution in [0.1, 0.15) is 11.1 Å². The highest BCUT2D eigenvalue weighted by molar-refractivity contribution is 9.10. The van der Waals surface area contributed by atoms with Crippen LogP contribution in [0.2, 0.25) is 0 Å². The fourth-order valence-electron chi connectivity index (χ4n) is 1.99. The summed E-state index contributed by atoms with van der Waals surface area (Å²) in [6.07, 6.45) is 3.23. The number of hydrogen-bond donors (Lipinski definition) is 2. The summed E-state index contributed by atoms with van der Waals surface area (Å²) >= 11 is 4.92. The van der Waals surface area contributed by atoms with Gasteiger partial charge in [0.2, 0.25) is 0 Å². The van der Waals surface area contributed by atoms with Crippen molar-refractivity contribution in [3.8, 4) is 5.75 Å². The van der Waals surface area contributed by atoms with Crippen molar-refractivity contribution in [2.24, 2.45) is 5.10 Å². The van der Waals surface area contributed by atoms with E-state index in [4.69, 9.17) is 0 Å². The van der Waals surface area contributed by atoms with E-state index in [2.05, 4.69) is 48.6 Å². The lowest BCUT2D eigenvalue weighted by Gasteiger charge is -2.03. The van der Waals surface area contributed by atoms with Crippen LogP contribution in [-0.2, 0) is 5.75 Å². The molecule has 0 fully saturated rings. The minimum Gasteiger partial charge on any atom is -0.507 e. The number of thioether (sulfide) groups is 1. The molecule has 1 heterocycles. The zero-order valence-electron chi connectivity index (χ0n) is 13.1. The van der Waals surface area contributed by atoms with Gasteiger partial charge in [-0.25, -0.2) is 9.97 Å². The largest absolute Gasteiger partial charge is 0.507 e. The highest BCUT2D eigenvalue weighted by atomic mass is 79.9. The van der Waals surface area contributed by atoms with Gasteiger partial charge in [0.15, 0.2) is 11.0 Å². The first-order valence-electron chi connectivity index (χ1n) is 7.48. The number of hydrogen-bond acceptors (Lipinski definition) is 6. The SMILES string of the molecule is Oc1ccc(Br)cc1/C=N/Nc1ccnc(SCc2ccccc2)n1. The molecule has 7 heteroatoms. The molecule has 25 heavy (non-hydrogen) atoms. The van der Waals surface area contributed by atoms with Crippen molar-refractivity contribution in [2.75, 3.05) is 5.43 Å². The predicted molar refractivity (Wildman–Crippen MR) is 105 cm³/mol. The van der Waals surface area contributed by atoms with Crippen LogP contribution in [-0.4, -0.2) is 21.3 Å². The van der Waals surface area contributed by atoms with Crippen molar-refractivity contribution >= 4 is 39.7 Å². The molecule has 0 atom stereocenters. The van der Waals surface area contributed by atoms with Crippen molar-refractivity contribution in [1.29, 1.82) is 0 Å². The molecule has 0 amide bonds. The highest BCUT2D eigenvalue weighted by Gasteiger charge is 2.02. The molecular formula is C18H15BrN4OS. The Morgan fingerprint density at radius 3 is 2.84 bits per heavy atom. The number of halogens is 1. The van der Waals surface area contributed by atoms with Crippen LogP contribution in [0.3, 0.4) is 0 Å². The van der Waals surface area contributed by atoms with Crippen LogP contribution in [0.25, 0.3) is 0 Å². The van der Waals surface area contributed by atoms with E-state index in [9.17, 15) is 5.11 Å². The minimum atomic E-state index is 0.163. The summed E-state index contributed by atoms with van der Waals surface area (Å²) < 4.78 is 0.869. The molecule has 0 spiro atoms. The number of benzene rings is 2. The third-order valence-corrected chi connectivity index (χ3v) is 4.64. The molecule has 0 radical (unpaired) electrons. The van der Waals surface area contributed by atoms with Crippen molar-refractivity contribution < 1.29 is 5.11 Å². The van der Waals surface area contributed by atoms with E-state index in [0.717, 1.165) is 10.2 Å². The lowest BCUT2D eigenvalue weighted by atomic mass is 10.2. The van der Waals surface area contributed by atoms with E-state index < -0.39 is 0 Å². The number of nitrogens with one attached hydrogen (secondary N) is 1. The lowest BCUT2D eigenvalue weighted by Crippen LogP contribution is -1.96. The van der Waals surface area contributed by atoms with Gasteiger partial charge in [0.05, 0.1) is 6.21 Å². The summed E-state index contributed by atoms with van der Waals surface area (Å²) in [5.74, 6) is 1.56. The van der Waals surface area contributed by atoms with Gasteiger partial charge in [-0.1, -0.05) is 58.0 Å². The van der Waals surface area contributed by atoms with Crippen LogP contribution in [0.4, 0.5) is 5.82 Å². The van der Waals surface area contributed by atoms with Gasteiger partial charge in [0, 0.05) is 28.1 Å². The summed E-state index contributed by atoms with van der Waals surface area (Å²) in [6, 6.07) is 17.1. The van der Waals surface area contributed by atoms with E-state index >= 15 is 0 Å². The third-order valence-electron chi connectivity index (χ3n) is 3.22. The maximum atomic E-state index is 9.79. The first-order valence-corrected chi connectivity index (χ1v) is 9.26. The fourth-order valence-corrected chi connectivity index (χ4v) is 3.16. The van der Waals surface area contributed by atoms with Crippen molar-refractivity contribution in [3.05, 3.63) is 76.4 Å². The molecule has 1 aromatic heterocycles. The van der Waals surface area contributed by atoms with Gasteiger partial charge in [-0.05, 0) is 23.8 Å². The normalized spacial score (nSPS) is 10.9. The smallest absolute Gasteiger partial charge is 0.189 e. The van der Waals surface area contributed by atoms with Gasteiger partial charge in [-0.2, -0.15) is 5.10 Å². The second-order valence-electron chi connectivity index (χ2n) is 5.07. The Morgan fingerprint density at radius 2 is 2.00 bits per heavy atom. The topological polar surface area (TPSA) is 70.4 Å². The second-order valence-corrected chi connectivity index (χ2v) is 6.93. The zero-order valence-corrected chi connectivity index (χ0v) is 15.5. The molecular weight excluding hydrogens is 400 g/mol. The van der Waals surface area contributed by atoms with E-state index in [0.29, 0.717) is 16.5 Å². The Kier molecular flexibility index (Phi) is 6.03. The number of phenolic OH excluding ortho intramolecular Hbond substituents is 1. The van der Waals surface area contributed by atoms with Crippen molar-refractivity contribution in [1.82, 2.24) is 9.97 Å².